The van der Waals surface area contributed by atoms with Crippen molar-refractivity contribution in [3.05, 3.63) is 34.1 Å². The summed E-state index contributed by atoms with van der Waals surface area (Å²) in [6.07, 6.45) is 3.72. The van der Waals surface area contributed by atoms with Gasteiger partial charge in [0.05, 0.1) is 0 Å². The van der Waals surface area contributed by atoms with Gasteiger partial charge in [-0.1, -0.05) is 35.3 Å². The smallest absolute Gasteiger partial charge is 0.124 e. The fourth-order valence-electron chi connectivity index (χ4n) is 3.54. The lowest BCUT2D eigenvalue weighted by atomic mass is 9.98. The molecule has 3 atom stereocenters. The molecule has 0 radical (unpaired) electrons. The minimum Gasteiger partial charge on any atom is -0.330 e. The predicted octanol–water partition coefficient (Wildman–Crippen LogP) is 4.10. The first-order valence-corrected chi connectivity index (χ1v) is 8.28. The van der Waals surface area contributed by atoms with E-state index in [1.807, 2.05) is 6.07 Å². The van der Waals surface area contributed by atoms with Crippen molar-refractivity contribution in [3.63, 3.8) is 0 Å². The zero-order valence-corrected chi connectivity index (χ0v) is 13.9. The number of rotatable bonds is 5. The van der Waals surface area contributed by atoms with Crippen LogP contribution in [0.2, 0.25) is 0 Å². The quantitative estimate of drug-likeness (QED) is 0.872. The average Bonchev–Trinajstić information content (AvgIpc) is 2.87. The molecule has 1 aromatic rings. The van der Waals surface area contributed by atoms with E-state index < -0.39 is 0 Å². The fourth-order valence-corrected chi connectivity index (χ4v) is 4.23. The molecule has 0 spiro atoms. The summed E-state index contributed by atoms with van der Waals surface area (Å²) >= 11 is 3.49. The monoisotopic (exact) mass is 342 g/mol. The summed E-state index contributed by atoms with van der Waals surface area (Å²) in [5.74, 6) is 0.396. The van der Waals surface area contributed by atoms with Crippen molar-refractivity contribution in [1.82, 2.24) is 4.90 Å². The summed E-state index contributed by atoms with van der Waals surface area (Å²) in [6.45, 7) is 6.15. The Labute approximate surface area is 129 Å². The normalized spacial score (nSPS) is 24.3. The molecule has 2 rings (SSSR count). The van der Waals surface area contributed by atoms with E-state index in [1.54, 1.807) is 12.1 Å². The van der Waals surface area contributed by atoms with Gasteiger partial charge in [0.1, 0.15) is 5.82 Å². The third-order valence-electron chi connectivity index (χ3n) is 4.62. The van der Waals surface area contributed by atoms with Gasteiger partial charge in [0.25, 0.3) is 0 Å². The van der Waals surface area contributed by atoms with Crippen molar-refractivity contribution in [3.8, 4) is 0 Å². The molecule has 2 nitrogen and oxygen atoms in total. The van der Waals surface area contributed by atoms with Gasteiger partial charge in [-0.25, -0.2) is 4.39 Å². The van der Waals surface area contributed by atoms with Crippen LogP contribution in [0.3, 0.4) is 0 Å². The predicted molar refractivity (Wildman–Crippen MR) is 85.1 cm³/mol. The third kappa shape index (κ3) is 3.23. The van der Waals surface area contributed by atoms with Crippen LogP contribution in [-0.4, -0.2) is 24.0 Å². The molecule has 0 bridgehead atoms. The van der Waals surface area contributed by atoms with E-state index in [-0.39, 0.29) is 11.9 Å². The molecule has 0 amide bonds. The highest BCUT2D eigenvalue weighted by molar-refractivity contribution is 9.10. The van der Waals surface area contributed by atoms with Gasteiger partial charge in [0.2, 0.25) is 0 Å². The molecule has 2 N–H and O–H groups in total. The van der Waals surface area contributed by atoms with Crippen molar-refractivity contribution in [1.29, 1.82) is 0 Å². The number of nitrogens with two attached hydrogens (primary N) is 1. The van der Waals surface area contributed by atoms with Crippen LogP contribution in [0, 0.1) is 11.7 Å². The van der Waals surface area contributed by atoms with Gasteiger partial charge in [0.15, 0.2) is 0 Å². The molecule has 0 saturated heterocycles. The summed E-state index contributed by atoms with van der Waals surface area (Å²) in [5, 5.41) is 0. The Morgan fingerprint density at radius 2 is 2.20 bits per heavy atom. The van der Waals surface area contributed by atoms with Crippen molar-refractivity contribution in [2.45, 2.75) is 45.2 Å². The Morgan fingerprint density at radius 1 is 1.45 bits per heavy atom. The summed E-state index contributed by atoms with van der Waals surface area (Å²) in [7, 11) is 0. The van der Waals surface area contributed by atoms with E-state index in [9.17, 15) is 4.39 Å². The zero-order chi connectivity index (χ0) is 14.7. The largest absolute Gasteiger partial charge is 0.330 e. The number of nitrogens with zero attached hydrogens (tertiary/aromatic N) is 1. The highest BCUT2D eigenvalue weighted by Gasteiger charge is 2.33. The molecule has 1 fully saturated rings. The summed E-state index contributed by atoms with van der Waals surface area (Å²) in [6, 6.07) is 5.80. The van der Waals surface area contributed by atoms with Crippen LogP contribution in [0.1, 0.15) is 44.7 Å². The molecule has 0 aromatic heterocycles. The van der Waals surface area contributed by atoms with Crippen molar-refractivity contribution < 1.29 is 4.39 Å². The van der Waals surface area contributed by atoms with Gasteiger partial charge >= 0.3 is 0 Å². The van der Waals surface area contributed by atoms with Crippen LogP contribution < -0.4 is 5.73 Å². The molecule has 1 aliphatic carbocycles. The van der Waals surface area contributed by atoms with Crippen molar-refractivity contribution >= 4 is 15.9 Å². The molecule has 3 unspecified atom stereocenters. The molecular weight excluding hydrogens is 319 g/mol. The second kappa shape index (κ2) is 7.01. The zero-order valence-electron chi connectivity index (χ0n) is 12.3. The van der Waals surface area contributed by atoms with E-state index in [1.165, 1.54) is 19.3 Å². The lowest BCUT2D eigenvalue weighted by Gasteiger charge is -2.37. The maximum atomic E-state index is 13.3. The molecule has 1 saturated carbocycles. The first kappa shape index (κ1) is 15.9. The standard InChI is InChI=1S/C16H24BrFN2/c1-3-20(16-6-4-5-12(16)10-19)11(2)14-8-7-13(18)9-15(14)17/h7-9,11-12,16H,3-6,10,19H2,1-2H3. The van der Waals surface area contributed by atoms with Crippen molar-refractivity contribution in [2.75, 3.05) is 13.1 Å². The van der Waals surface area contributed by atoms with Gasteiger partial charge in [-0.05, 0) is 56.5 Å². The Hall–Kier alpha value is -0.450. The van der Waals surface area contributed by atoms with Crippen LogP contribution in [0.4, 0.5) is 4.39 Å². The summed E-state index contributed by atoms with van der Waals surface area (Å²) in [5.41, 5.74) is 7.07. The molecule has 4 heteroatoms. The van der Waals surface area contributed by atoms with Gasteiger partial charge < -0.3 is 5.73 Å². The number of hydrogen-bond donors (Lipinski definition) is 1. The van der Waals surface area contributed by atoms with Crippen LogP contribution in [-0.2, 0) is 0 Å². The molecule has 1 aromatic carbocycles. The Bertz CT molecular complexity index is 452. The molecule has 1 aliphatic rings. The Morgan fingerprint density at radius 3 is 2.80 bits per heavy atom. The highest BCUT2D eigenvalue weighted by Crippen LogP contribution is 2.36. The average molecular weight is 343 g/mol. The lowest BCUT2D eigenvalue weighted by Crippen LogP contribution is -2.41. The molecule has 0 heterocycles. The van der Waals surface area contributed by atoms with E-state index in [2.05, 4.69) is 34.7 Å². The summed E-state index contributed by atoms with van der Waals surface area (Å²) < 4.78 is 14.1. The number of halogens is 2. The first-order chi connectivity index (χ1) is 9.58. The fraction of sp³-hybridized carbons (Fsp3) is 0.625. The van der Waals surface area contributed by atoms with Crippen LogP contribution in [0.25, 0.3) is 0 Å². The summed E-state index contributed by atoms with van der Waals surface area (Å²) in [4.78, 5) is 2.52. The number of hydrogen-bond acceptors (Lipinski definition) is 2. The van der Waals surface area contributed by atoms with Crippen molar-refractivity contribution in [2.24, 2.45) is 11.7 Å². The van der Waals surface area contributed by atoms with Gasteiger partial charge in [-0.3, -0.25) is 4.90 Å². The minimum absolute atomic E-state index is 0.198. The van der Waals surface area contributed by atoms with E-state index in [4.69, 9.17) is 5.73 Å². The SMILES string of the molecule is CCN(C(C)c1ccc(F)cc1Br)C1CCCC1CN. The van der Waals surface area contributed by atoms with Gasteiger partial charge in [0, 0.05) is 16.6 Å². The first-order valence-electron chi connectivity index (χ1n) is 7.49. The Kier molecular flexibility index (Phi) is 5.58. The third-order valence-corrected chi connectivity index (χ3v) is 5.31. The van der Waals surface area contributed by atoms with Crippen LogP contribution in [0.15, 0.2) is 22.7 Å². The molecular formula is C16H24BrFN2. The second-order valence-electron chi connectivity index (χ2n) is 5.67. The minimum atomic E-state index is -0.198. The van der Waals surface area contributed by atoms with Gasteiger partial charge in [-0.15, -0.1) is 0 Å². The van der Waals surface area contributed by atoms with E-state index >= 15 is 0 Å². The second-order valence-corrected chi connectivity index (χ2v) is 6.52. The topological polar surface area (TPSA) is 29.3 Å². The molecule has 112 valence electrons. The van der Waals surface area contributed by atoms with Crippen LogP contribution in [0.5, 0.6) is 0 Å². The maximum absolute atomic E-state index is 13.3. The van der Waals surface area contributed by atoms with Crippen LogP contribution >= 0.6 is 15.9 Å². The maximum Gasteiger partial charge on any atom is 0.124 e. The lowest BCUT2D eigenvalue weighted by molar-refractivity contribution is 0.123. The molecule has 20 heavy (non-hydrogen) atoms. The molecule has 0 aliphatic heterocycles. The van der Waals surface area contributed by atoms with Gasteiger partial charge in [-0.2, -0.15) is 0 Å². The van der Waals surface area contributed by atoms with E-state index in [0.717, 1.165) is 23.1 Å². The Balaban J connectivity index is 2.22. The highest BCUT2D eigenvalue weighted by atomic mass is 79.9. The number of benzene rings is 1. The van der Waals surface area contributed by atoms with E-state index in [0.29, 0.717) is 12.0 Å².